The summed E-state index contributed by atoms with van der Waals surface area (Å²) in [5.74, 6) is -0.00332. The van der Waals surface area contributed by atoms with Gasteiger partial charge in [0.05, 0.1) is 5.69 Å². The molecule has 0 atom stereocenters. The van der Waals surface area contributed by atoms with Crippen LogP contribution in [-0.2, 0) is 13.0 Å². The molecule has 2 aliphatic rings. The molecule has 154 valence electrons. The molecule has 1 aromatic carbocycles. The lowest BCUT2D eigenvalue weighted by Gasteiger charge is -2.23. The molecule has 1 saturated carbocycles. The lowest BCUT2D eigenvalue weighted by atomic mass is 9.95. The Morgan fingerprint density at radius 3 is 2.55 bits per heavy atom. The zero-order chi connectivity index (χ0) is 20.4. The Balaban J connectivity index is 1.57. The minimum atomic E-state index is -0.240. The van der Waals surface area contributed by atoms with E-state index in [0.717, 1.165) is 68.4 Å². The van der Waals surface area contributed by atoms with Gasteiger partial charge in [0, 0.05) is 18.3 Å². The van der Waals surface area contributed by atoms with Crippen LogP contribution in [-0.4, -0.2) is 27.4 Å². The number of carbonyl (C=O) groups is 2. The average Bonchev–Trinajstić information content (AvgIpc) is 3.11. The van der Waals surface area contributed by atoms with Gasteiger partial charge in [0.25, 0.3) is 11.8 Å². The van der Waals surface area contributed by atoms with Crippen molar-refractivity contribution in [2.75, 3.05) is 5.32 Å². The van der Waals surface area contributed by atoms with E-state index in [1.165, 1.54) is 12.0 Å². The predicted molar refractivity (Wildman–Crippen MR) is 113 cm³/mol. The Bertz CT molecular complexity index is 925. The number of hydrogen-bond acceptors (Lipinski definition) is 3. The van der Waals surface area contributed by atoms with Gasteiger partial charge >= 0.3 is 0 Å². The molecule has 0 radical (unpaired) electrons. The Morgan fingerprint density at radius 1 is 1.00 bits per heavy atom. The summed E-state index contributed by atoms with van der Waals surface area (Å²) in [6.07, 6.45) is 8.42. The van der Waals surface area contributed by atoms with Crippen LogP contribution in [0.3, 0.4) is 0 Å². The van der Waals surface area contributed by atoms with Gasteiger partial charge in [-0.05, 0) is 69.2 Å². The summed E-state index contributed by atoms with van der Waals surface area (Å²) in [6.45, 7) is 4.81. The average molecular weight is 395 g/mol. The van der Waals surface area contributed by atoms with E-state index < -0.39 is 0 Å². The van der Waals surface area contributed by atoms with Gasteiger partial charge in [0.15, 0.2) is 11.5 Å². The number of aromatic nitrogens is 2. The van der Waals surface area contributed by atoms with Crippen molar-refractivity contribution in [1.29, 1.82) is 0 Å². The van der Waals surface area contributed by atoms with Crippen molar-refractivity contribution in [3.05, 3.63) is 46.5 Å². The number of carbonyl (C=O) groups excluding carboxylic acids is 2. The first-order chi connectivity index (χ1) is 14.0. The molecule has 0 saturated heterocycles. The van der Waals surface area contributed by atoms with Crippen molar-refractivity contribution in [2.24, 2.45) is 0 Å². The second-order valence-electron chi connectivity index (χ2n) is 8.40. The molecule has 6 heteroatoms. The number of rotatable bonds is 4. The molecule has 2 amide bonds. The van der Waals surface area contributed by atoms with Gasteiger partial charge in [-0.2, -0.15) is 0 Å². The highest BCUT2D eigenvalue weighted by atomic mass is 16.2. The van der Waals surface area contributed by atoms with Crippen molar-refractivity contribution in [1.82, 2.24) is 14.9 Å². The Morgan fingerprint density at radius 2 is 1.79 bits per heavy atom. The summed E-state index contributed by atoms with van der Waals surface area (Å²) < 4.78 is 1.96. The van der Waals surface area contributed by atoms with Crippen molar-refractivity contribution in [2.45, 2.75) is 77.8 Å². The zero-order valence-corrected chi connectivity index (χ0v) is 17.4. The second kappa shape index (κ2) is 8.39. The van der Waals surface area contributed by atoms with Gasteiger partial charge in [0.2, 0.25) is 0 Å². The fraction of sp³-hybridized carbons (Fsp3) is 0.522. The molecule has 2 heterocycles. The molecular weight excluding hydrogens is 364 g/mol. The first kappa shape index (κ1) is 19.7. The fourth-order valence-corrected chi connectivity index (χ4v) is 4.40. The molecule has 6 nitrogen and oxygen atoms in total. The Hall–Kier alpha value is -2.63. The normalized spacial score (nSPS) is 16.9. The van der Waals surface area contributed by atoms with E-state index in [1.807, 2.05) is 36.6 Å². The smallest absolute Gasteiger partial charge is 0.287 e. The third kappa shape index (κ3) is 4.21. The predicted octanol–water partition coefficient (Wildman–Crippen LogP) is 4.15. The maximum atomic E-state index is 13.0. The van der Waals surface area contributed by atoms with E-state index in [9.17, 15) is 9.59 Å². The molecule has 0 spiro atoms. The van der Waals surface area contributed by atoms with Crippen LogP contribution in [0.25, 0.3) is 0 Å². The van der Waals surface area contributed by atoms with Gasteiger partial charge in [-0.3, -0.25) is 9.59 Å². The number of fused-ring (bicyclic) bond motifs is 1. The van der Waals surface area contributed by atoms with E-state index in [4.69, 9.17) is 0 Å². The lowest BCUT2D eigenvalue weighted by molar-refractivity contribution is 0.0911. The summed E-state index contributed by atoms with van der Waals surface area (Å²) in [5.41, 5.74) is 4.33. The van der Waals surface area contributed by atoms with E-state index in [0.29, 0.717) is 11.5 Å². The van der Waals surface area contributed by atoms with Crippen LogP contribution in [0.2, 0.25) is 0 Å². The Labute approximate surface area is 172 Å². The van der Waals surface area contributed by atoms with Crippen LogP contribution < -0.4 is 10.6 Å². The summed E-state index contributed by atoms with van der Waals surface area (Å²) in [6, 6.07) is 6.09. The second-order valence-corrected chi connectivity index (χ2v) is 8.40. The summed E-state index contributed by atoms with van der Waals surface area (Å²) >= 11 is 0. The van der Waals surface area contributed by atoms with E-state index in [2.05, 4.69) is 15.6 Å². The maximum absolute atomic E-state index is 13.0. The van der Waals surface area contributed by atoms with Crippen molar-refractivity contribution in [3.63, 3.8) is 0 Å². The summed E-state index contributed by atoms with van der Waals surface area (Å²) in [5, 5.41) is 6.11. The number of benzene rings is 1. The number of imidazole rings is 1. The van der Waals surface area contributed by atoms with Crippen LogP contribution >= 0.6 is 0 Å². The molecule has 2 N–H and O–H groups in total. The third-order valence-electron chi connectivity index (χ3n) is 6.24. The molecule has 1 fully saturated rings. The number of hydrogen-bond donors (Lipinski definition) is 2. The SMILES string of the molecule is Cc1ccc(NC(=O)c2nc(C(=O)NC3CCCCC3)n3c2CCCC3)cc1C. The van der Waals surface area contributed by atoms with Crippen LogP contribution in [0.5, 0.6) is 0 Å². The molecule has 4 rings (SSSR count). The Kier molecular flexibility index (Phi) is 5.69. The van der Waals surface area contributed by atoms with Crippen LogP contribution in [0.15, 0.2) is 18.2 Å². The van der Waals surface area contributed by atoms with Gasteiger partial charge in [-0.25, -0.2) is 4.98 Å². The standard InChI is InChI=1S/C23H30N4O2/c1-15-11-12-18(14-16(15)2)25-22(28)20-19-10-6-7-13-27(19)21(26-20)23(29)24-17-8-4-3-5-9-17/h11-12,14,17H,3-10,13H2,1-2H3,(H,24,29)(H,25,28). The molecule has 1 aromatic heterocycles. The summed E-state index contributed by atoms with van der Waals surface area (Å²) in [4.78, 5) is 30.5. The van der Waals surface area contributed by atoms with Gasteiger partial charge in [-0.15, -0.1) is 0 Å². The van der Waals surface area contributed by atoms with Crippen molar-refractivity contribution >= 4 is 17.5 Å². The van der Waals surface area contributed by atoms with E-state index >= 15 is 0 Å². The molecule has 0 bridgehead atoms. The van der Waals surface area contributed by atoms with Gasteiger partial charge < -0.3 is 15.2 Å². The monoisotopic (exact) mass is 394 g/mol. The zero-order valence-electron chi connectivity index (χ0n) is 17.4. The fourth-order valence-electron chi connectivity index (χ4n) is 4.40. The molecular formula is C23H30N4O2. The third-order valence-corrected chi connectivity index (χ3v) is 6.24. The highest BCUT2D eigenvalue weighted by molar-refractivity contribution is 6.05. The van der Waals surface area contributed by atoms with Crippen LogP contribution in [0.1, 0.15) is 82.9 Å². The number of nitrogens with one attached hydrogen (secondary N) is 2. The minimum Gasteiger partial charge on any atom is -0.347 e. The number of nitrogens with zero attached hydrogens (tertiary/aromatic N) is 2. The van der Waals surface area contributed by atoms with Crippen molar-refractivity contribution in [3.8, 4) is 0 Å². The first-order valence-electron chi connectivity index (χ1n) is 10.8. The van der Waals surface area contributed by atoms with E-state index in [-0.39, 0.29) is 17.9 Å². The van der Waals surface area contributed by atoms with Crippen LogP contribution in [0, 0.1) is 13.8 Å². The van der Waals surface area contributed by atoms with Crippen LogP contribution in [0.4, 0.5) is 5.69 Å². The largest absolute Gasteiger partial charge is 0.347 e. The maximum Gasteiger partial charge on any atom is 0.287 e. The minimum absolute atomic E-state index is 0.148. The first-order valence-corrected chi connectivity index (χ1v) is 10.8. The quantitative estimate of drug-likeness (QED) is 0.818. The van der Waals surface area contributed by atoms with Gasteiger partial charge in [0.1, 0.15) is 0 Å². The molecule has 29 heavy (non-hydrogen) atoms. The number of anilines is 1. The van der Waals surface area contributed by atoms with Crippen molar-refractivity contribution < 1.29 is 9.59 Å². The summed E-state index contributed by atoms with van der Waals surface area (Å²) in [7, 11) is 0. The number of aryl methyl sites for hydroxylation is 2. The molecule has 2 aromatic rings. The molecule has 0 unspecified atom stereocenters. The highest BCUT2D eigenvalue weighted by Crippen LogP contribution is 2.24. The highest BCUT2D eigenvalue weighted by Gasteiger charge is 2.28. The van der Waals surface area contributed by atoms with E-state index in [1.54, 1.807) is 0 Å². The lowest BCUT2D eigenvalue weighted by Crippen LogP contribution is -2.37. The van der Waals surface area contributed by atoms with Gasteiger partial charge in [-0.1, -0.05) is 25.3 Å². The molecule has 1 aliphatic heterocycles. The molecule has 1 aliphatic carbocycles. The topological polar surface area (TPSA) is 76.0 Å². The number of amides is 2.